The van der Waals surface area contributed by atoms with E-state index in [1.54, 1.807) is 0 Å². The standard InChI is InChI=1S/C21H22N6O/c1-3-27(4-2)20-14(11-22)16-13-10-15(12-8-6-5-7-9-12)28-21(13)26-19(24)17(16)18(23)25-20/h5-9,15H,3-4,10H2,1-2H3,(H2,23,25)(H2,24,26)/t15-/m1/s1. The van der Waals surface area contributed by atoms with Crippen LogP contribution in [0.25, 0.3) is 10.8 Å². The fourth-order valence-electron chi connectivity index (χ4n) is 3.85. The molecule has 4 N–H and O–H groups in total. The Labute approximate surface area is 163 Å². The second-order valence-electron chi connectivity index (χ2n) is 6.73. The predicted molar refractivity (Wildman–Crippen MR) is 110 cm³/mol. The fraction of sp³-hybridized carbons (Fsp3) is 0.286. The van der Waals surface area contributed by atoms with Crippen LogP contribution in [0.15, 0.2) is 30.3 Å². The highest BCUT2D eigenvalue weighted by Crippen LogP contribution is 2.44. The minimum Gasteiger partial charge on any atom is -0.469 e. The van der Waals surface area contributed by atoms with Crippen molar-refractivity contribution in [2.75, 3.05) is 29.5 Å². The van der Waals surface area contributed by atoms with E-state index < -0.39 is 0 Å². The molecule has 1 aliphatic rings. The van der Waals surface area contributed by atoms with E-state index in [0.29, 0.717) is 34.5 Å². The molecule has 0 amide bonds. The van der Waals surface area contributed by atoms with Crippen LogP contribution >= 0.6 is 0 Å². The lowest BCUT2D eigenvalue weighted by Gasteiger charge is -2.23. The van der Waals surface area contributed by atoms with E-state index in [1.807, 2.05) is 49.1 Å². The third-order valence-electron chi connectivity index (χ3n) is 5.23. The van der Waals surface area contributed by atoms with Crippen LogP contribution in [-0.2, 0) is 6.42 Å². The monoisotopic (exact) mass is 374 g/mol. The van der Waals surface area contributed by atoms with Crippen molar-refractivity contribution in [1.82, 2.24) is 9.97 Å². The van der Waals surface area contributed by atoms with Gasteiger partial charge in [0, 0.05) is 30.5 Å². The van der Waals surface area contributed by atoms with Gasteiger partial charge in [0.2, 0.25) is 5.88 Å². The Morgan fingerprint density at radius 1 is 1.11 bits per heavy atom. The van der Waals surface area contributed by atoms with Crippen LogP contribution in [0.1, 0.15) is 36.6 Å². The molecule has 0 saturated carbocycles. The average Bonchev–Trinajstić information content (AvgIpc) is 3.13. The molecule has 0 radical (unpaired) electrons. The molecule has 3 heterocycles. The summed E-state index contributed by atoms with van der Waals surface area (Å²) in [6, 6.07) is 12.3. The number of pyridine rings is 2. The largest absolute Gasteiger partial charge is 0.469 e. The molecule has 0 saturated heterocycles. The highest BCUT2D eigenvalue weighted by atomic mass is 16.5. The summed E-state index contributed by atoms with van der Waals surface area (Å²) in [7, 11) is 0. The van der Waals surface area contributed by atoms with Gasteiger partial charge >= 0.3 is 0 Å². The molecule has 0 fully saturated rings. The molecule has 7 nitrogen and oxygen atoms in total. The number of anilines is 3. The number of nitrogens with two attached hydrogens (primary N) is 2. The van der Waals surface area contributed by atoms with Gasteiger partial charge in [-0.3, -0.25) is 0 Å². The lowest BCUT2D eigenvalue weighted by Crippen LogP contribution is -2.24. The number of fused-ring (bicyclic) bond motifs is 3. The van der Waals surface area contributed by atoms with Gasteiger partial charge in [-0.1, -0.05) is 30.3 Å². The first-order valence-corrected chi connectivity index (χ1v) is 9.37. The van der Waals surface area contributed by atoms with Crippen molar-refractivity contribution in [2.24, 2.45) is 0 Å². The van der Waals surface area contributed by atoms with E-state index in [2.05, 4.69) is 16.0 Å². The van der Waals surface area contributed by atoms with Crippen molar-refractivity contribution >= 4 is 28.2 Å². The zero-order chi connectivity index (χ0) is 19.8. The number of hydrogen-bond donors (Lipinski definition) is 2. The predicted octanol–water partition coefficient (Wildman–Crippen LogP) is 3.19. The molecule has 142 valence electrons. The SMILES string of the molecule is CCN(CC)c1nc(N)c2c(N)nc3c(c2c1C#N)C[C@H](c1ccccc1)O3. The normalized spacial score (nSPS) is 15.1. The maximum absolute atomic E-state index is 9.99. The maximum atomic E-state index is 9.99. The molecule has 7 heteroatoms. The van der Waals surface area contributed by atoms with Crippen molar-refractivity contribution in [2.45, 2.75) is 26.4 Å². The lowest BCUT2D eigenvalue weighted by atomic mass is 9.97. The number of nitriles is 1. The number of rotatable bonds is 4. The smallest absolute Gasteiger partial charge is 0.219 e. The van der Waals surface area contributed by atoms with Crippen LogP contribution in [0.3, 0.4) is 0 Å². The average molecular weight is 374 g/mol. The van der Waals surface area contributed by atoms with E-state index in [4.69, 9.17) is 16.2 Å². The van der Waals surface area contributed by atoms with Gasteiger partial charge in [0.25, 0.3) is 0 Å². The van der Waals surface area contributed by atoms with Crippen LogP contribution in [0.5, 0.6) is 5.88 Å². The molecule has 0 bridgehead atoms. The summed E-state index contributed by atoms with van der Waals surface area (Å²) >= 11 is 0. The zero-order valence-corrected chi connectivity index (χ0v) is 15.9. The van der Waals surface area contributed by atoms with Crippen LogP contribution in [-0.4, -0.2) is 23.1 Å². The highest BCUT2D eigenvalue weighted by Gasteiger charge is 2.32. The summed E-state index contributed by atoms with van der Waals surface area (Å²) in [6.45, 7) is 5.48. The van der Waals surface area contributed by atoms with Crippen LogP contribution in [0.4, 0.5) is 17.5 Å². The lowest BCUT2D eigenvalue weighted by molar-refractivity contribution is 0.231. The van der Waals surface area contributed by atoms with E-state index in [1.165, 1.54) is 0 Å². The maximum Gasteiger partial charge on any atom is 0.219 e. The Morgan fingerprint density at radius 2 is 1.79 bits per heavy atom. The third-order valence-corrected chi connectivity index (χ3v) is 5.23. The Hall–Kier alpha value is -3.53. The van der Waals surface area contributed by atoms with Gasteiger partial charge in [0.1, 0.15) is 35.2 Å². The molecular formula is C21H22N6O. The summed E-state index contributed by atoms with van der Waals surface area (Å²) in [5, 5.41) is 11.2. The molecule has 3 aromatic rings. The summed E-state index contributed by atoms with van der Waals surface area (Å²) < 4.78 is 6.10. The topological polar surface area (TPSA) is 114 Å². The number of ether oxygens (including phenoxy) is 1. The van der Waals surface area contributed by atoms with Gasteiger partial charge in [0.15, 0.2) is 0 Å². The Balaban J connectivity index is 1.97. The summed E-state index contributed by atoms with van der Waals surface area (Å²) in [5.74, 6) is 1.56. The Kier molecular flexibility index (Phi) is 4.40. The highest BCUT2D eigenvalue weighted by molar-refractivity contribution is 6.06. The molecule has 4 rings (SSSR count). The van der Waals surface area contributed by atoms with Crippen molar-refractivity contribution in [3.63, 3.8) is 0 Å². The first kappa shape index (κ1) is 17.9. The molecular weight excluding hydrogens is 352 g/mol. The molecule has 1 atom stereocenters. The van der Waals surface area contributed by atoms with Gasteiger partial charge in [-0.15, -0.1) is 0 Å². The van der Waals surface area contributed by atoms with Crippen LogP contribution in [0, 0.1) is 11.3 Å². The van der Waals surface area contributed by atoms with Crippen molar-refractivity contribution in [3.05, 3.63) is 47.0 Å². The Morgan fingerprint density at radius 3 is 2.43 bits per heavy atom. The number of benzene rings is 1. The molecule has 2 aromatic heterocycles. The van der Waals surface area contributed by atoms with Crippen LogP contribution < -0.4 is 21.1 Å². The molecule has 1 aliphatic heterocycles. The molecule has 0 aliphatic carbocycles. The van der Waals surface area contributed by atoms with E-state index in [0.717, 1.165) is 24.2 Å². The second kappa shape index (κ2) is 6.89. The zero-order valence-electron chi connectivity index (χ0n) is 15.9. The van der Waals surface area contributed by atoms with E-state index in [9.17, 15) is 5.26 Å². The van der Waals surface area contributed by atoms with Crippen molar-refractivity contribution < 1.29 is 4.74 Å². The van der Waals surface area contributed by atoms with Gasteiger partial charge in [-0.25, -0.2) is 4.98 Å². The quantitative estimate of drug-likeness (QED) is 0.721. The minimum atomic E-state index is -0.175. The molecule has 28 heavy (non-hydrogen) atoms. The number of hydrogen-bond acceptors (Lipinski definition) is 7. The van der Waals surface area contributed by atoms with Crippen molar-refractivity contribution in [3.8, 4) is 11.9 Å². The first-order valence-electron chi connectivity index (χ1n) is 9.37. The van der Waals surface area contributed by atoms with Gasteiger partial charge in [-0.2, -0.15) is 10.2 Å². The van der Waals surface area contributed by atoms with Gasteiger partial charge in [-0.05, 0) is 19.4 Å². The summed E-state index contributed by atoms with van der Waals surface area (Å²) in [5.41, 5.74) is 14.8. The fourth-order valence-corrected chi connectivity index (χ4v) is 3.85. The van der Waals surface area contributed by atoms with E-state index in [-0.39, 0.29) is 17.7 Å². The number of nitrogen functional groups attached to an aromatic ring is 2. The first-order chi connectivity index (χ1) is 13.6. The van der Waals surface area contributed by atoms with Crippen molar-refractivity contribution in [1.29, 1.82) is 5.26 Å². The third kappa shape index (κ3) is 2.65. The minimum absolute atomic E-state index is 0.175. The molecule has 0 unspecified atom stereocenters. The molecule has 1 aromatic carbocycles. The number of nitrogens with zero attached hydrogens (tertiary/aromatic N) is 4. The van der Waals surface area contributed by atoms with Crippen LogP contribution in [0.2, 0.25) is 0 Å². The summed E-state index contributed by atoms with van der Waals surface area (Å²) in [6.07, 6.45) is 0.422. The van der Waals surface area contributed by atoms with Gasteiger partial charge < -0.3 is 21.1 Å². The number of aromatic nitrogens is 2. The van der Waals surface area contributed by atoms with E-state index >= 15 is 0 Å². The molecule has 0 spiro atoms. The summed E-state index contributed by atoms with van der Waals surface area (Å²) in [4.78, 5) is 10.9. The van der Waals surface area contributed by atoms with Gasteiger partial charge in [0.05, 0.1) is 5.39 Å². The Bertz CT molecular complexity index is 1090. The second-order valence-corrected chi connectivity index (χ2v) is 6.73.